The molecule has 34 heavy (non-hydrogen) atoms. The Kier molecular flexibility index (Phi) is 8.27. The smallest absolute Gasteiger partial charge is 0.266 e. The largest absolute Gasteiger partial charge is 0.497 e. The fraction of sp³-hybridized carbons (Fsp3) is 0.115. The number of rotatable bonds is 8. The zero-order chi connectivity index (χ0) is 24.5. The highest BCUT2D eigenvalue weighted by Crippen LogP contribution is 2.27. The molecule has 0 aromatic heterocycles. The molecule has 0 saturated heterocycles. The van der Waals surface area contributed by atoms with Gasteiger partial charge in [0, 0.05) is 11.4 Å². The molecular formula is C26H22ClN3O4. The molecule has 0 heterocycles. The van der Waals surface area contributed by atoms with E-state index in [-0.39, 0.29) is 23.1 Å². The van der Waals surface area contributed by atoms with Gasteiger partial charge < -0.3 is 20.1 Å². The molecule has 0 aliphatic carbocycles. The third kappa shape index (κ3) is 6.86. The van der Waals surface area contributed by atoms with E-state index in [1.54, 1.807) is 61.7 Å². The molecule has 0 aliphatic heterocycles. The Balaban J connectivity index is 1.60. The van der Waals surface area contributed by atoms with Crippen LogP contribution in [0, 0.1) is 18.3 Å². The number of halogens is 1. The molecule has 3 rings (SSSR count). The monoisotopic (exact) mass is 475 g/mol. The van der Waals surface area contributed by atoms with Crippen molar-refractivity contribution >= 4 is 40.9 Å². The van der Waals surface area contributed by atoms with Crippen LogP contribution in [0.3, 0.4) is 0 Å². The van der Waals surface area contributed by atoms with Crippen LogP contribution in [0.25, 0.3) is 6.08 Å². The molecule has 0 atom stereocenters. The highest BCUT2D eigenvalue weighted by Gasteiger charge is 2.11. The summed E-state index contributed by atoms with van der Waals surface area (Å²) in [4.78, 5) is 24.6. The Labute approximate surface area is 202 Å². The maximum absolute atomic E-state index is 12.4. The van der Waals surface area contributed by atoms with E-state index in [0.29, 0.717) is 28.4 Å². The minimum atomic E-state index is -0.530. The van der Waals surface area contributed by atoms with E-state index >= 15 is 0 Å². The molecule has 0 unspecified atom stereocenters. The van der Waals surface area contributed by atoms with Gasteiger partial charge in [-0.15, -0.1) is 0 Å². The fourth-order valence-electron chi connectivity index (χ4n) is 2.89. The van der Waals surface area contributed by atoms with Crippen molar-refractivity contribution in [1.82, 2.24) is 0 Å². The van der Waals surface area contributed by atoms with Gasteiger partial charge in [0.05, 0.1) is 12.1 Å². The third-order valence-electron chi connectivity index (χ3n) is 4.67. The average molecular weight is 476 g/mol. The van der Waals surface area contributed by atoms with Gasteiger partial charge in [0.15, 0.2) is 6.61 Å². The van der Waals surface area contributed by atoms with Gasteiger partial charge in [-0.1, -0.05) is 35.4 Å². The standard InChI is InChI=1S/C26H22ClN3O4/c1-17-3-6-21(7-4-17)30-26(32)19(15-28)13-18-5-12-24(23(27)14-18)34-16-25(31)29-20-8-10-22(33-2)11-9-20/h3-14H,16H2,1-2H3,(H,29,31)(H,30,32)/b19-13-. The number of ether oxygens (including phenoxy) is 2. The molecule has 8 heteroatoms. The molecule has 0 aliphatic rings. The number of benzene rings is 3. The number of hydrogen-bond donors (Lipinski definition) is 2. The van der Waals surface area contributed by atoms with Gasteiger partial charge in [-0.05, 0) is 67.1 Å². The van der Waals surface area contributed by atoms with Crippen molar-refractivity contribution in [3.05, 3.63) is 88.5 Å². The lowest BCUT2D eigenvalue weighted by molar-refractivity contribution is -0.118. The van der Waals surface area contributed by atoms with Crippen LogP contribution in [0.1, 0.15) is 11.1 Å². The molecule has 2 N–H and O–H groups in total. The fourth-order valence-corrected chi connectivity index (χ4v) is 3.13. The first-order valence-electron chi connectivity index (χ1n) is 10.2. The summed E-state index contributed by atoms with van der Waals surface area (Å²) in [5, 5.41) is 15.0. The first-order chi connectivity index (χ1) is 16.4. The minimum Gasteiger partial charge on any atom is -0.497 e. The predicted octanol–water partition coefficient (Wildman–Crippen LogP) is 5.22. The summed E-state index contributed by atoms with van der Waals surface area (Å²) in [6.45, 7) is 1.69. The summed E-state index contributed by atoms with van der Waals surface area (Å²) in [6, 6.07) is 20.8. The van der Waals surface area contributed by atoms with E-state index in [1.807, 2.05) is 25.1 Å². The maximum Gasteiger partial charge on any atom is 0.266 e. The first kappa shape index (κ1) is 24.4. The van der Waals surface area contributed by atoms with Gasteiger partial charge in [-0.2, -0.15) is 5.26 Å². The lowest BCUT2D eigenvalue weighted by Crippen LogP contribution is -2.20. The second-order valence-corrected chi connectivity index (χ2v) is 7.65. The predicted molar refractivity (Wildman–Crippen MR) is 132 cm³/mol. The van der Waals surface area contributed by atoms with Gasteiger partial charge in [-0.25, -0.2) is 0 Å². The van der Waals surface area contributed by atoms with Crippen molar-refractivity contribution in [2.75, 3.05) is 24.4 Å². The Hall–Kier alpha value is -4.28. The van der Waals surface area contributed by atoms with Crippen LogP contribution in [0.2, 0.25) is 5.02 Å². The summed E-state index contributed by atoms with van der Waals surface area (Å²) < 4.78 is 10.6. The molecule has 3 aromatic rings. The van der Waals surface area contributed by atoms with E-state index in [4.69, 9.17) is 21.1 Å². The van der Waals surface area contributed by atoms with Crippen LogP contribution >= 0.6 is 11.6 Å². The number of amides is 2. The van der Waals surface area contributed by atoms with Gasteiger partial charge in [0.25, 0.3) is 11.8 Å². The normalized spacial score (nSPS) is 10.7. The van der Waals surface area contributed by atoms with Crippen molar-refractivity contribution in [2.24, 2.45) is 0 Å². The number of nitriles is 1. The van der Waals surface area contributed by atoms with Crippen LogP contribution in [-0.2, 0) is 9.59 Å². The summed E-state index contributed by atoms with van der Waals surface area (Å²) in [5.41, 5.74) is 2.71. The Morgan fingerprint density at radius 1 is 1.00 bits per heavy atom. The summed E-state index contributed by atoms with van der Waals surface area (Å²) in [6.07, 6.45) is 1.43. The average Bonchev–Trinajstić information content (AvgIpc) is 2.83. The van der Waals surface area contributed by atoms with Crippen molar-refractivity contribution in [2.45, 2.75) is 6.92 Å². The SMILES string of the molecule is COc1ccc(NC(=O)COc2ccc(/C=C(/C#N)C(=O)Nc3ccc(C)cc3)cc2Cl)cc1. The number of methoxy groups -OCH3 is 1. The van der Waals surface area contributed by atoms with Crippen molar-refractivity contribution in [3.8, 4) is 17.6 Å². The second-order valence-electron chi connectivity index (χ2n) is 7.25. The van der Waals surface area contributed by atoms with Gasteiger partial charge in [0.2, 0.25) is 0 Å². The van der Waals surface area contributed by atoms with Crippen molar-refractivity contribution in [1.29, 1.82) is 5.26 Å². The van der Waals surface area contributed by atoms with E-state index in [2.05, 4.69) is 10.6 Å². The van der Waals surface area contributed by atoms with Crippen LogP contribution in [0.5, 0.6) is 11.5 Å². The van der Waals surface area contributed by atoms with Crippen LogP contribution in [-0.4, -0.2) is 25.5 Å². The summed E-state index contributed by atoms with van der Waals surface area (Å²) >= 11 is 6.27. The Morgan fingerprint density at radius 3 is 2.26 bits per heavy atom. The van der Waals surface area contributed by atoms with E-state index < -0.39 is 5.91 Å². The Morgan fingerprint density at radius 2 is 1.65 bits per heavy atom. The zero-order valence-electron chi connectivity index (χ0n) is 18.6. The number of nitrogens with one attached hydrogen (secondary N) is 2. The zero-order valence-corrected chi connectivity index (χ0v) is 19.3. The van der Waals surface area contributed by atoms with E-state index in [1.165, 1.54) is 6.08 Å². The number of nitrogens with zero attached hydrogens (tertiary/aromatic N) is 1. The summed E-state index contributed by atoms with van der Waals surface area (Å²) in [5.74, 6) is 0.0939. The molecular weight excluding hydrogens is 454 g/mol. The quantitative estimate of drug-likeness (QED) is 0.343. The van der Waals surface area contributed by atoms with Gasteiger partial charge in [-0.3, -0.25) is 9.59 Å². The molecule has 172 valence electrons. The highest BCUT2D eigenvalue weighted by atomic mass is 35.5. The number of anilines is 2. The molecule has 0 bridgehead atoms. The topological polar surface area (TPSA) is 100 Å². The van der Waals surface area contributed by atoms with Crippen LogP contribution in [0.15, 0.2) is 72.3 Å². The van der Waals surface area contributed by atoms with E-state index in [0.717, 1.165) is 5.56 Å². The summed E-state index contributed by atoms with van der Waals surface area (Å²) in [7, 11) is 1.56. The molecule has 0 spiro atoms. The van der Waals surface area contributed by atoms with Gasteiger partial charge >= 0.3 is 0 Å². The van der Waals surface area contributed by atoms with Crippen molar-refractivity contribution in [3.63, 3.8) is 0 Å². The van der Waals surface area contributed by atoms with Crippen LogP contribution < -0.4 is 20.1 Å². The molecule has 0 radical (unpaired) electrons. The van der Waals surface area contributed by atoms with Crippen LogP contribution in [0.4, 0.5) is 11.4 Å². The molecule has 7 nitrogen and oxygen atoms in total. The number of aryl methyl sites for hydroxylation is 1. The molecule has 0 fully saturated rings. The highest BCUT2D eigenvalue weighted by molar-refractivity contribution is 6.32. The third-order valence-corrected chi connectivity index (χ3v) is 4.97. The molecule has 0 saturated carbocycles. The second kappa shape index (κ2) is 11.5. The Bertz CT molecular complexity index is 1250. The van der Waals surface area contributed by atoms with Crippen molar-refractivity contribution < 1.29 is 19.1 Å². The number of hydrogen-bond acceptors (Lipinski definition) is 5. The first-order valence-corrected chi connectivity index (χ1v) is 10.6. The minimum absolute atomic E-state index is 0.0795. The van der Waals surface area contributed by atoms with E-state index in [9.17, 15) is 14.9 Å². The number of carbonyl (C=O) groups is 2. The maximum atomic E-state index is 12.4. The molecule has 2 amide bonds. The van der Waals surface area contributed by atoms with Gasteiger partial charge in [0.1, 0.15) is 23.1 Å². The molecule has 3 aromatic carbocycles. The number of carbonyl (C=O) groups excluding carboxylic acids is 2. The lowest BCUT2D eigenvalue weighted by Gasteiger charge is -2.10. The lowest BCUT2D eigenvalue weighted by atomic mass is 10.1.